The van der Waals surface area contributed by atoms with Crippen LogP contribution < -0.4 is 0 Å². The summed E-state index contributed by atoms with van der Waals surface area (Å²) in [5.41, 5.74) is 0. The number of ether oxygens (including phenoxy) is 3. The Morgan fingerprint density at radius 2 is 0.530 bits per heavy atom. The van der Waals surface area contributed by atoms with E-state index in [2.05, 4.69) is 215 Å². The first-order valence-electron chi connectivity index (χ1n) is 32.6. The Balaban J connectivity index is 4.60. The minimum atomic E-state index is -0.864. The lowest BCUT2D eigenvalue weighted by Gasteiger charge is -2.18. The highest BCUT2D eigenvalue weighted by molar-refractivity contribution is 5.72. The molecule has 83 heavy (non-hydrogen) atoms. The highest BCUT2D eigenvalue weighted by Gasteiger charge is 2.19. The van der Waals surface area contributed by atoms with Crippen LogP contribution in [0.4, 0.5) is 0 Å². The number of allylic oxidation sites excluding steroid dienone is 33. The van der Waals surface area contributed by atoms with Crippen molar-refractivity contribution in [1.29, 1.82) is 0 Å². The van der Waals surface area contributed by atoms with Gasteiger partial charge >= 0.3 is 17.9 Å². The van der Waals surface area contributed by atoms with Gasteiger partial charge in [0.15, 0.2) is 6.10 Å². The van der Waals surface area contributed by atoms with Crippen LogP contribution in [0.5, 0.6) is 0 Å². The molecule has 0 aliphatic carbocycles. The Morgan fingerprint density at radius 3 is 0.880 bits per heavy atom. The molecule has 6 heteroatoms. The Hall–Kier alpha value is -6.01. The van der Waals surface area contributed by atoms with Gasteiger partial charge in [-0.15, -0.1) is 0 Å². The second-order valence-electron chi connectivity index (χ2n) is 20.6. The van der Waals surface area contributed by atoms with Crippen LogP contribution in [0.25, 0.3) is 0 Å². The predicted molar refractivity (Wildman–Crippen MR) is 361 cm³/mol. The highest BCUT2D eigenvalue weighted by atomic mass is 16.6. The smallest absolute Gasteiger partial charge is 0.309 e. The SMILES string of the molecule is CC/C=C\C/C=C\C/C=C\C/C=C\C/C=C\C/C=C\C/C=C\C/C=C\C/C=C\CCCC(=O)OCC(COC(=O)C/C=C\C/C=C\C/C=C\C/C=C\C/C=C\CC)OC(=O)CCCCCCCC/C=C\C/C=C\C/C=C\CCCCCCC. The van der Waals surface area contributed by atoms with Gasteiger partial charge < -0.3 is 14.2 Å². The molecule has 0 radical (unpaired) electrons. The second kappa shape index (κ2) is 68.5. The molecule has 0 aliphatic heterocycles. The average molecular weight is 1140 g/mol. The molecule has 0 aliphatic rings. The average Bonchev–Trinajstić information content (AvgIpc) is 3.49. The minimum absolute atomic E-state index is 0.102. The van der Waals surface area contributed by atoms with Gasteiger partial charge in [-0.05, 0) is 148 Å². The van der Waals surface area contributed by atoms with E-state index in [-0.39, 0.29) is 44.4 Å². The first-order valence-corrected chi connectivity index (χ1v) is 32.6. The maximum absolute atomic E-state index is 12.9. The van der Waals surface area contributed by atoms with Crippen LogP contribution in [0, 0.1) is 0 Å². The summed E-state index contributed by atoms with van der Waals surface area (Å²) < 4.78 is 16.7. The maximum Gasteiger partial charge on any atom is 0.309 e. The van der Waals surface area contributed by atoms with E-state index in [0.29, 0.717) is 12.8 Å². The molecule has 1 atom stereocenters. The van der Waals surface area contributed by atoms with E-state index < -0.39 is 12.1 Å². The largest absolute Gasteiger partial charge is 0.462 e. The molecule has 6 nitrogen and oxygen atoms in total. The molecule has 0 fully saturated rings. The number of carbonyl (C=O) groups excluding carboxylic acids is 3. The Labute approximate surface area is 509 Å². The molecule has 0 aromatic heterocycles. The first-order chi connectivity index (χ1) is 41.0. The summed E-state index contributed by atoms with van der Waals surface area (Å²) in [5, 5.41) is 0. The lowest BCUT2D eigenvalue weighted by Crippen LogP contribution is -2.30. The molecule has 1 unspecified atom stereocenters. The zero-order valence-electron chi connectivity index (χ0n) is 52.6. The zero-order chi connectivity index (χ0) is 59.9. The summed E-state index contributed by atoms with van der Waals surface area (Å²) in [6, 6.07) is 0. The molecule has 0 aromatic carbocycles. The van der Waals surface area contributed by atoms with Crippen molar-refractivity contribution in [3.05, 3.63) is 207 Å². The molecule has 0 amide bonds. The third-order valence-electron chi connectivity index (χ3n) is 12.8. The Bertz CT molecular complexity index is 2030. The maximum atomic E-state index is 12.9. The highest BCUT2D eigenvalue weighted by Crippen LogP contribution is 2.12. The van der Waals surface area contributed by atoms with Gasteiger partial charge in [-0.25, -0.2) is 0 Å². The molecule has 0 bridgehead atoms. The van der Waals surface area contributed by atoms with E-state index in [1.807, 2.05) is 6.08 Å². The van der Waals surface area contributed by atoms with E-state index in [0.717, 1.165) is 135 Å². The summed E-state index contributed by atoms with van der Waals surface area (Å²) in [6.45, 7) is 6.23. The zero-order valence-corrected chi connectivity index (χ0v) is 52.6. The van der Waals surface area contributed by atoms with Crippen molar-refractivity contribution < 1.29 is 28.6 Å². The number of unbranched alkanes of at least 4 members (excludes halogenated alkanes) is 12. The van der Waals surface area contributed by atoms with Crippen LogP contribution >= 0.6 is 0 Å². The molecule has 0 heterocycles. The van der Waals surface area contributed by atoms with Crippen molar-refractivity contribution in [3.8, 4) is 0 Å². The van der Waals surface area contributed by atoms with Gasteiger partial charge in [0.1, 0.15) is 13.2 Å². The van der Waals surface area contributed by atoms with Crippen molar-refractivity contribution in [3.63, 3.8) is 0 Å². The van der Waals surface area contributed by atoms with Crippen LogP contribution in [-0.2, 0) is 28.6 Å². The topological polar surface area (TPSA) is 78.9 Å². The molecule has 0 aromatic rings. The molecule has 0 saturated heterocycles. The summed E-state index contributed by atoms with van der Waals surface area (Å²) in [5.74, 6) is -1.17. The van der Waals surface area contributed by atoms with Crippen LogP contribution in [-0.4, -0.2) is 37.2 Å². The number of rotatable bonds is 56. The molecule has 0 spiro atoms. The molecular formula is C77H116O6. The first kappa shape index (κ1) is 77.0. The third-order valence-corrected chi connectivity index (χ3v) is 12.8. The quantitative estimate of drug-likeness (QED) is 0.0261. The standard InChI is InChI=1S/C77H116O6/c1-4-7-10-13-16-19-22-25-28-30-32-34-35-36-37-38-39-40-41-43-44-46-49-52-55-58-61-64-67-70-76(79)82-73-74(72-81-75(78)69-66-63-60-57-54-51-48-27-24-21-18-15-12-9-6-3)83-77(80)71-68-65-62-59-56-53-50-47-45-42-33-31-29-26-23-20-17-14-11-8-5-2/h7,9-10,12,16,18-19,21,23,25-28,31-34,36-37,39-40,43-45,47-49,52,54,57-58,61,63,66,74H,4-6,8,11,13-15,17,20,22,24,29-30,35,38,41-42,46,50-51,53,55-56,59-60,62,64-65,67-73H2,1-3H3/b10-7-,12-9-,19-16-,21-18-,26-23-,28-25-,33-31-,34-32-,37-36-,40-39-,44-43-,47-45-,48-27-,52-49-,57-54-,61-58-,66-63-. The number of hydrogen-bond donors (Lipinski definition) is 0. The van der Waals surface area contributed by atoms with Gasteiger partial charge in [0.25, 0.3) is 0 Å². The molecule has 0 N–H and O–H groups in total. The van der Waals surface area contributed by atoms with Crippen LogP contribution in [0.2, 0.25) is 0 Å². The van der Waals surface area contributed by atoms with Crippen molar-refractivity contribution in [2.24, 2.45) is 0 Å². The Morgan fingerprint density at radius 1 is 0.265 bits per heavy atom. The van der Waals surface area contributed by atoms with Crippen LogP contribution in [0.1, 0.15) is 239 Å². The van der Waals surface area contributed by atoms with Crippen molar-refractivity contribution in [2.45, 2.75) is 245 Å². The lowest BCUT2D eigenvalue weighted by molar-refractivity contribution is -0.166. The summed E-state index contributed by atoms with van der Waals surface area (Å²) >= 11 is 0. The van der Waals surface area contributed by atoms with Crippen LogP contribution in [0.3, 0.4) is 0 Å². The van der Waals surface area contributed by atoms with E-state index in [4.69, 9.17) is 14.2 Å². The van der Waals surface area contributed by atoms with Gasteiger partial charge in [0.05, 0.1) is 6.42 Å². The van der Waals surface area contributed by atoms with E-state index in [9.17, 15) is 14.4 Å². The molecule has 460 valence electrons. The van der Waals surface area contributed by atoms with Crippen molar-refractivity contribution >= 4 is 17.9 Å². The van der Waals surface area contributed by atoms with E-state index in [1.165, 1.54) is 51.4 Å². The van der Waals surface area contributed by atoms with E-state index in [1.54, 1.807) is 6.08 Å². The van der Waals surface area contributed by atoms with E-state index >= 15 is 0 Å². The van der Waals surface area contributed by atoms with Crippen molar-refractivity contribution in [1.82, 2.24) is 0 Å². The second-order valence-corrected chi connectivity index (χ2v) is 20.6. The number of carbonyl (C=O) groups is 3. The number of hydrogen-bond acceptors (Lipinski definition) is 6. The van der Waals surface area contributed by atoms with Gasteiger partial charge in [0.2, 0.25) is 0 Å². The summed E-state index contributed by atoms with van der Waals surface area (Å²) in [4.78, 5) is 38.3. The van der Waals surface area contributed by atoms with Crippen LogP contribution in [0.15, 0.2) is 207 Å². The lowest BCUT2D eigenvalue weighted by atomic mass is 10.1. The summed E-state index contributed by atoms with van der Waals surface area (Å²) in [7, 11) is 0. The molecular weight excluding hydrogens is 1020 g/mol. The third kappa shape index (κ3) is 66.7. The molecule has 0 rings (SSSR count). The Kier molecular flexibility index (Phi) is 63.5. The minimum Gasteiger partial charge on any atom is -0.462 e. The fourth-order valence-electron chi connectivity index (χ4n) is 7.99. The fourth-order valence-corrected chi connectivity index (χ4v) is 7.99. The fraction of sp³-hybridized carbons (Fsp3) is 0.519. The summed E-state index contributed by atoms with van der Waals surface area (Å²) in [6.07, 6.45) is 106. The van der Waals surface area contributed by atoms with Gasteiger partial charge in [-0.2, -0.15) is 0 Å². The van der Waals surface area contributed by atoms with Crippen molar-refractivity contribution in [2.75, 3.05) is 13.2 Å². The number of esters is 3. The predicted octanol–water partition coefficient (Wildman–Crippen LogP) is 22.8. The molecule has 0 saturated carbocycles. The van der Waals surface area contributed by atoms with Gasteiger partial charge in [-0.1, -0.05) is 279 Å². The van der Waals surface area contributed by atoms with Gasteiger partial charge in [-0.3, -0.25) is 14.4 Å². The monoisotopic (exact) mass is 1140 g/mol. The normalized spacial score (nSPS) is 13.5. The van der Waals surface area contributed by atoms with Gasteiger partial charge in [0, 0.05) is 12.8 Å².